The number of carbonyl (C=O) groups is 1. The zero-order valence-electron chi connectivity index (χ0n) is 15.0. The van der Waals surface area contributed by atoms with Gasteiger partial charge in [0.25, 0.3) is 0 Å². The smallest absolute Gasteiger partial charge is 0.305 e. The molecule has 2 nitrogen and oxygen atoms in total. The number of rotatable bonds is 17. The van der Waals surface area contributed by atoms with Crippen LogP contribution in [0.3, 0.4) is 0 Å². The van der Waals surface area contributed by atoms with Crippen molar-refractivity contribution in [3.05, 3.63) is 0 Å². The highest BCUT2D eigenvalue weighted by Crippen LogP contribution is 2.13. The lowest BCUT2D eigenvalue weighted by molar-refractivity contribution is -0.143. The van der Waals surface area contributed by atoms with E-state index in [-0.39, 0.29) is 5.97 Å². The highest BCUT2D eigenvalue weighted by molar-refractivity contribution is 7.98. The van der Waals surface area contributed by atoms with Crippen molar-refractivity contribution >= 4 is 17.7 Å². The predicted octanol–water partition coefficient (Wildman–Crippen LogP) is 6.37. The maximum atomic E-state index is 11.4. The molecule has 0 heterocycles. The summed E-state index contributed by atoms with van der Waals surface area (Å²) in [6.45, 7) is 2.84. The first-order chi connectivity index (χ1) is 10.8. The van der Waals surface area contributed by atoms with Crippen molar-refractivity contribution in [3.8, 4) is 0 Å². The summed E-state index contributed by atoms with van der Waals surface area (Å²) in [4.78, 5) is 11.4. The Labute approximate surface area is 143 Å². The van der Waals surface area contributed by atoms with Crippen LogP contribution in [0.2, 0.25) is 0 Å². The Kier molecular flexibility index (Phi) is 18.7. The Balaban J connectivity index is 3.06. The number of carbonyl (C=O) groups excluding carboxylic acids is 1. The molecule has 22 heavy (non-hydrogen) atoms. The van der Waals surface area contributed by atoms with E-state index in [0.29, 0.717) is 13.0 Å². The first-order valence-electron chi connectivity index (χ1n) is 9.45. The molecule has 0 bridgehead atoms. The van der Waals surface area contributed by atoms with Crippen molar-refractivity contribution in [2.24, 2.45) is 0 Å². The second-order valence-electron chi connectivity index (χ2n) is 6.21. The number of hydrogen-bond acceptors (Lipinski definition) is 3. The molecule has 0 spiro atoms. The lowest BCUT2D eigenvalue weighted by atomic mass is 10.0. The summed E-state index contributed by atoms with van der Waals surface area (Å²) in [5.41, 5.74) is 0. The maximum Gasteiger partial charge on any atom is 0.305 e. The minimum absolute atomic E-state index is 0.0166. The molecule has 0 saturated heterocycles. The largest absolute Gasteiger partial charge is 0.465 e. The van der Waals surface area contributed by atoms with Gasteiger partial charge in [-0.2, -0.15) is 11.8 Å². The Morgan fingerprint density at radius 3 is 1.68 bits per heavy atom. The Bertz CT molecular complexity index is 231. The van der Waals surface area contributed by atoms with Crippen molar-refractivity contribution < 1.29 is 9.53 Å². The van der Waals surface area contributed by atoms with Gasteiger partial charge < -0.3 is 4.74 Å². The van der Waals surface area contributed by atoms with E-state index in [4.69, 9.17) is 4.74 Å². The van der Waals surface area contributed by atoms with Crippen molar-refractivity contribution in [2.75, 3.05) is 18.6 Å². The molecule has 0 unspecified atom stereocenters. The van der Waals surface area contributed by atoms with Gasteiger partial charge in [-0.05, 0) is 12.7 Å². The SMILES string of the molecule is CCCCCCCCCCCCCCCC(=O)OCCSC. The molecule has 0 aromatic carbocycles. The van der Waals surface area contributed by atoms with Gasteiger partial charge in [0.15, 0.2) is 0 Å². The van der Waals surface area contributed by atoms with Crippen LogP contribution in [0, 0.1) is 0 Å². The molecule has 0 aliphatic rings. The van der Waals surface area contributed by atoms with E-state index in [0.717, 1.165) is 12.2 Å². The molecule has 0 aromatic heterocycles. The summed E-state index contributed by atoms with van der Waals surface area (Å²) in [5.74, 6) is 0.891. The van der Waals surface area contributed by atoms with Crippen molar-refractivity contribution in [3.63, 3.8) is 0 Å². The second kappa shape index (κ2) is 18.9. The maximum absolute atomic E-state index is 11.4. The predicted molar refractivity (Wildman–Crippen MR) is 99.7 cm³/mol. The van der Waals surface area contributed by atoms with Gasteiger partial charge in [-0.1, -0.05) is 84.0 Å². The highest BCUT2D eigenvalue weighted by atomic mass is 32.2. The third-order valence-electron chi connectivity index (χ3n) is 4.03. The van der Waals surface area contributed by atoms with E-state index in [1.165, 1.54) is 77.0 Å². The number of unbranched alkanes of at least 4 members (excludes halogenated alkanes) is 12. The zero-order valence-corrected chi connectivity index (χ0v) is 15.9. The molecule has 0 N–H and O–H groups in total. The van der Waals surface area contributed by atoms with Gasteiger partial charge in [-0.25, -0.2) is 0 Å². The zero-order chi connectivity index (χ0) is 16.3. The van der Waals surface area contributed by atoms with Crippen molar-refractivity contribution in [1.29, 1.82) is 0 Å². The van der Waals surface area contributed by atoms with E-state index in [1.54, 1.807) is 11.8 Å². The standard InChI is InChI=1S/C19H38O2S/c1-3-4-5-6-7-8-9-10-11-12-13-14-15-16-19(20)21-17-18-22-2/h3-18H2,1-2H3. The van der Waals surface area contributed by atoms with E-state index in [2.05, 4.69) is 6.92 Å². The molecular formula is C19H38O2S. The molecule has 3 heteroatoms. The van der Waals surface area contributed by atoms with Gasteiger partial charge in [0.1, 0.15) is 6.61 Å². The first-order valence-corrected chi connectivity index (χ1v) is 10.8. The van der Waals surface area contributed by atoms with Crippen LogP contribution >= 0.6 is 11.8 Å². The van der Waals surface area contributed by atoms with E-state index >= 15 is 0 Å². The summed E-state index contributed by atoms with van der Waals surface area (Å²) >= 11 is 1.71. The van der Waals surface area contributed by atoms with Gasteiger partial charge in [-0.3, -0.25) is 4.79 Å². The molecule has 0 radical (unpaired) electrons. The Hall–Kier alpha value is -0.180. The van der Waals surface area contributed by atoms with Crippen LogP contribution in [-0.2, 0) is 9.53 Å². The lowest BCUT2D eigenvalue weighted by Crippen LogP contribution is -2.06. The monoisotopic (exact) mass is 330 g/mol. The van der Waals surface area contributed by atoms with Gasteiger partial charge in [0, 0.05) is 12.2 Å². The van der Waals surface area contributed by atoms with E-state index in [9.17, 15) is 4.79 Å². The third-order valence-corrected chi connectivity index (χ3v) is 4.61. The lowest BCUT2D eigenvalue weighted by Gasteiger charge is -2.04. The fourth-order valence-electron chi connectivity index (χ4n) is 2.60. The van der Waals surface area contributed by atoms with E-state index < -0.39 is 0 Å². The quantitative estimate of drug-likeness (QED) is 0.229. The molecular weight excluding hydrogens is 292 g/mol. The van der Waals surface area contributed by atoms with Crippen LogP contribution in [0.4, 0.5) is 0 Å². The number of ether oxygens (including phenoxy) is 1. The minimum atomic E-state index is -0.0166. The fraction of sp³-hybridized carbons (Fsp3) is 0.947. The topological polar surface area (TPSA) is 26.3 Å². The summed E-state index contributed by atoms with van der Waals surface area (Å²) in [5, 5.41) is 0. The van der Waals surface area contributed by atoms with Gasteiger partial charge in [-0.15, -0.1) is 0 Å². The van der Waals surface area contributed by atoms with Gasteiger partial charge in [0.05, 0.1) is 0 Å². The number of hydrogen-bond donors (Lipinski definition) is 0. The molecule has 0 rings (SSSR count). The average molecular weight is 331 g/mol. The molecule has 0 fully saturated rings. The van der Waals surface area contributed by atoms with Gasteiger partial charge >= 0.3 is 5.97 Å². The number of esters is 1. The summed E-state index contributed by atoms with van der Waals surface area (Å²) in [6, 6.07) is 0. The first kappa shape index (κ1) is 21.8. The van der Waals surface area contributed by atoms with Crippen LogP contribution < -0.4 is 0 Å². The fourth-order valence-corrected chi connectivity index (χ4v) is 2.85. The number of thioether (sulfide) groups is 1. The molecule has 0 aliphatic heterocycles. The van der Waals surface area contributed by atoms with Crippen LogP contribution in [0.15, 0.2) is 0 Å². The molecule has 0 saturated carbocycles. The summed E-state index contributed by atoms with van der Waals surface area (Å²) in [7, 11) is 0. The normalized spacial score (nSPS) is 10.8. The van der Waals surface area contributed by atoms with E-state index in [1.807, 2.05) is 6.26 Å². The minimum Gasteiger partial charge on any atom is -0.465 e. The van der Waals surface area contributed by atoms with Crippen LogP contribution in [0.25, 0.3) is 0 Å². The Morgan fingerprint density at radius 2 is 1.23 bits per heavy atom. The van der Waals surface area contributed by atoms with Crippen LogP contribution in [-0.4, -0.2) is 24.6 Å². The van der Waals surface area contributed by atoms with Crippen molar-refractivity contribution in [1.82, 2.24) is 0 Å². The average Bonchev–Trinajstić information content (AvgIpc) is 2.52. The highest BCUT2D eigenvalue weighted by Gasteiger charge is 2.01. The van der Waals surface area contributed by atoms with Crippen LogP contribution in [0.1, 0.15) is 96.8 Å². The molecule has 0 atom stereocenters. The van der Waals surface area contributed by atoms with Gasteiger partial charge in [0.2, 0.25) is 0 Å². The molecule has 0 aliphatic carbocycles. The second-order valence-corrected chi connectivity index (χ2v) is 7.19. The summed E-state index contributed by atoms with van der Waals surface area (Å²) in [6.07, 6.45) is 20.0. The molecule has 0 aromatic rings. The Morgan fingerprint density at radius 1 is 0.773 bits per heavy atom. The third kappa shape index (κ3) is 17.9. The van der Waals surface area contributed by atoms with Crippen LogP contribution in [0.5, 0.6) is 0 Å². The summed E-state index contributed by atoms with van der Waals surface area (Å²) < 4.78 is 5.13. The van der Waals surface area contributed by atoms with Crippen molar-refractivity contribution in [2.45, 2.75) is 96.8 Å². The molecule has 132 valence electrons. The molecule has 0 amide bonds.